The molecule has 0 saturated heterocycles. The maximum absolute atomic E-state index is 5.15. The molecule has 1 heteroatoms. The zero-order chi connectivity index (χ0) is 12.3. The fraction of sp³-hybridized carbons (Fsp3) is 0.625. The average Bonchev–Trinajstić information content (AvgIpc) is 2.38. The van der Waals surface area contributed by atoms with Gasteiger partial charge in [-0.1, -0.05) is 57.6 Å². The third-order valence-corrected chi connectivity index (χ3v) is 3.23. The van der Waals surface area contributed by atoms with Gasteiger partial charge in [-0.3, -0.25) is 0 Å². The maximum Gasteiger partial charge on any atom is 0.118 e. The van der Waals surface area contributed by atoms with E-state index in [1.54, 1.807) is 7.11 Å². The summed E-state index contributed by atoms with van der Waals surface area (Å²) in [5, 5.41) is 0. The Bertz CT molecular complexity index is 276. The Morgan fingerprint density at radius 1 is 0.824 bits per heavy atom. The summed E-state index contributed by atoms with van der Waals surface area (Å²) in [6.07, 6.45) is 10.9. The molecule has 1 aromatic rings. The highest BCUT2D eigenvalue weighted by molar-refractivity contribution is 5.27. The summed E-state index contributed by atoms with van der Waals surface area (Å²) in [5.74, 6) is 0.952. The highest BCUT2D eigenvalue weighted by Gasteiger charge is 1.95. The molecule has 1 rings (SSSR count). The van der Waals surface area contributed by atoms with Crippen LogP contribution in [0.3, 0.4) is 0 Å². The van der Waals surface area contributed by atoms with E-state index in [1.165, 1.54) is 56.9 Å². The Kier molecular flexibility index (Phi) is 7.53. The van der Waals surface area contributed by atoms with Crippen LogP contribution in [0, 0.1) is 0 Å². The predicted molar refractivity (Wildman–Crippen MR) is 74.7 cm³/mol. The van der Waals surface area contributed by atoms with E-state index in [-0.39, 0.29) is 0 Å². The first-order valence-electron chi connectivity index (χ1n) is 6.99. The lowest BCUT2D eigenvalue weighted by Gasteiger charge is -2.04. The fourth-order valence-electron chi connectivity index (χ4n) is 2.08. The minimum absolute atomic E-state index is 0.952. The van der Waals surface area contributed by atoms with Crippen LogP contribution in [-0.2, 0) is 6.42 Å². The molecule has 96 valence electrons. The van der Waals surface area contributed by atoms with Crippen LogP contribution in [0.15, 0.2) is 24.3 Å². The third kappa shape index (κ3) is 6.35. The lowest BCUT2D eigenvalue weighted by molar-refractivity contribution is 0.414. The second kappa shape index (κ2) is 9.09. The second-order valence-corrected chi connectivity index (χ2v) is 4.72. The largest absolute Gasteiger partial charge is 0.497 e. The molecule has 0 bridgehead atoms. The highest BCUT2D eigenvalue weighted by atomic mass is 16.5. The number of benzene rings is 1. The zero-order valence-electron chi connectivity index (χ0n) is 11.4. The standard InChI is InChI=1S/C16H26O/c1-3-4-5-6-7-8-9-10-15-11-13-16(17-2)14-12-15/h11-14H,3-10H2,1-2H3. The van der Waals surface area contributed by atoms with Gasteiger partial charge in [0, 0.05) is 0 Å². The van der Waals surface area contributed by atoms with Gasteiger partial charge in [0.05, 0.1) is 7.11 Å². The Hall–Kier alpha value is -0.980. The lowest BCUT2D eigenvalue weighted by atomic mass is 10.0. The van der Waals surface area contributed by atoms with Gasteiger partial charge >= 0.3 is 0 Å². The first kappa shape index (κ1) is 14.1. The van der Waals surface area contributed by atoms with Crippen molar-refractivity contribution in [3.8, 4) is 5.75 Å². The zero-order valence-corrected chi connectivity index (χ0v) is 11.4. The van der Waals surface area contributed by atoms with Gasteiger partial charge in [-0.25, -0.2) is 0 Å². The number of hydrogen-bond donors (Lipinski definition) is 0. The van der Waals surface area contributed by atoms with Crippen molar-refractivity contribution in [3.63, 3.8) is 0 Å². The molecule has 0 aromatic heterocycles. The van der Waals surface area contributed by atoms with E-state index in [2.05, 4.69) is 31.2 Å². The van der Waals surface area contributed by atoms with Crippen molar-refractivity contribution < 1.29 is 4.74 Å². The molecule has 1 nitrogen and oxygen atoms in total. The monoisotopic (exact) mass is 234 g/mol. The van der Waals surface area contributed by atoms with E-state index in [9.17, 15) is 0 Å². The number of ether oxygens (including phenoxy) is 1. The summed E-state index contributed by atoms with van der Waals surface area (Å²) >= 11 is 0. The first-order valence-corrected chi connectivity index (χ1v) is 6.99. The summed E-state index contributed by atoms with van der Waals surface area (Å²) in [7, 11) is 1.71. The smallest absolute Gasteiger partial charge is 0.118 e. The number of unbranched alkanes of at least 4 members (excludes halogenated alkanes) is 6. The number of rotatable bonds is 9. The van der Waals surface area contributed by atoms with E-state index >= 15 is 0 Å². The fourth-order valence-corrected chi connectivity index (χ4v) is 2.08. The quantitative estimate of drug-likeness (QED) is 0.547. The van der Waals surface area contributed by atoms with Gasteiger partial charge in [-0.2, -0.15) is 0 Å². The van der Waals surface area contributed by atoms with Gasteiger partial charge in [0.1, 0.15) is 5.75 Å². The Balaban J connectivity index is 2.05. The van der Waals surface area contributed by atoms with E-state index in [0.717, 1.165) is 5.75 Å². The van der Waals surface area contributed by atoms with Crippen LogP contribution in [0.2, 0.25) is 0 Å². The topological polar surface area (TPSA) is 9.23 Å². The summed E-state index contributed by atoms with van der Waals surface area (Å²) in [5.41, 5.74) is 1.43. The molecule has 0 aliphatic rings. The van der Waals surface area contributed by atoms with Crippen LogP contribution in [-0.4, -0.2) is 7.11 Å². The molecule has 0 aliphatic heterocycles. The van der Waals surface area contributed by atoms with E-state index < -0.39 is 0 Å². The molecule has 0 fully saturated rings. The third-order valence-electron chi connectivity index (χ3n) is 3.23. The van der Waals surface area contributed by atoms with Crippen molar-refractivity contribution in [1.29, 1.82) is 0 Å². The first-order chi connectivity index (χ1) is 8.36. The van der Waals surface area contributed by atoms with E-state index in [0.29, 0.717) is 0 Å². The van der Waals surface area contributed by atoms with Gasteiger partial charge in [-0.15, -0.1) is 0 Å². The second-order valence-electron chi connectivity index (χ2n) is 4.72. The van der Waals surface area contributed by atoms with Crippen LogP contribution in [0.5, 0.6) is 5.75 Å². The van der Waals surface area contributed by atoms with Gasteiger partial charge < -0.3 is 4.74 Å². The Morgan fingerprint density at radius 2 is 1.41 bits per heavy atom. The van der Waals surface area contributed by atoms with Crippen molar-refractivity contribution in [2.45, 2.75) is 58.3 Å². The molecule has 17 heavy (non-hydrogen) atoms. The summed E-state index contributed by atoms with van der Waals surface area (Å²) in [6.45, 7) is 2.27. The van der Waals surface area contributed by atoms with Gasteiger partial charge in [0.2, 0.25) is 0 Å². The molecule has 0 amide bonds. The molecule has 0 radical (unpaired) electrons. The number of methoxy groups -OCH3 is 1. The number of aryl methyl sites for hydroxylation is 1. The van der Waals surface area contributed by atoms with E-state index in [1.807, 2.05) is 0 Å². The SMILES string of the molecule is CCCCCCCCCc1ccc(OC)cc1. The van der Waals surface area contributed by atoms with Crippen LogP contribution < -0.4 is 4.74 Å². The molecule has 0 spiro atoms. The Morgan fingerprint density at radius 3 is 2.00 bits per heavy atom. The van der Waals surface area contributed by atoms with Crippen LogP contribution >= 0.6 is 0 Å². The van der Waals surface area contributed by atoms with Crippen LogP contribution in [0.4, 0.5) is 0 Å². The summed E-state index contributed by atoms with van der Waals surface area (Å²) in [4.78, 5) is 0. The van der Waals surface area contributed by atoms with Crippen molar-refractivity contribution >= 4 is 0 Å². The summed E-state index contributed by atoms with van der Waals surface area (Å²) in [6, 6.07) is 8.46. The molecular formula is C16H26O. The average molecular weight is 234 g/mol. The molecule has 0 atom stereocenters. The molecule has 0 heterocycles. The van der Waals surface area contributed by atoms with Crippen molar-refractivity contribution in [2.24, 2.45) is 0 Å². The summed E-state index contributed by atoms with van der Waals surface area (Å²) < 4.78 is 5.15. The molecule has 0 N–H and O–H groups in total. The van der Waals surface area contributed by atoms with Crippen LogP contribution in [0.25, 0.3) is 0 Å². The predicted octanol–water partition coefficient (Wildman–Crippen LogP) is 4.99. The number of hydrogen-bond acceptors (Lipinski definition) is 1. The minimum atomic E-state index is 0.952. The highest BCUT2D eigenvalue weighted by Crippen LogP contribution is 2.14. The lowest BCUT2D eigenvalue weighted by Crippen LogP contribution is -1.87. The van der Waals surface area contributed by atoms with Crippen molar-refractivity contribution in [3.05, 3.63) is 29.8 Å². The van der Waals surface area contributed by atoms with E-state index in [4.69, 9.17) is 4.74 Å². The normalized spacial score (nSPS) is 10.5. The van der Waals surface area contributed by atoms with Gasteiger partial charge in [-0.05, 0) is 30.5 Å². The molecule has 0 aliphatic carbocycles. The van der Waals surface area contributed by atoms with Gasteiger partial charge in [0.25, 0.3) is 0 Å². The molecule has 0 saturated carbocycles. The molecular weight excluding hydrogens is 208 g/mol. The van der Waals surface area contributed by atoms with Crippen molar-refractivity contribution in [2.75, 3.05) is 7.11 Å². The van der Waals surface area contributed by atoms with Crippen molar-refractivity contribution in [1.82, 2.24) is 0 Å². The minimum Gasteiger partial charge on any atom is -0.497 e. The van der Waals surface area contributed by atoms with Crippen LogP contribution in [0.1, 0.15) is 57.4 Å². The molecule has 0 unspecified atom stereocenters. The van der Waals surface area contributed by atoms with Gasteiger partial charge in [0.15, 0.2) is 0 Å². The molecule has 1 aromatic carbocycles. The Labute approximate surface area is 106 Å². The maximum atomic E-state index is 5.15.